The Morgan fingerprint density at radius 1 is 0.667 bits per heavy atom. The SMILES string of the molecule is C=C[Si](C)(OCCCCCCCCCCCCCCCCC)OC(C(C)C)C(C)C. The maximum atomic E-state index is 6.43. The normalized spacial score (nSPS) is 14.0. The Balaban J connectivity index is 3.60. The molecule has 3 heteroatoms. The van der Waals surface area contributed by atoms with Gasteiger partial charge in [0.15, 0.2) is 0 Å². The second-order valence-electron chi connectivity index (χ2n) is 10.1. The van der Waals surface area contributed by atoms with Crippen LogP contribution < -0.4 is 0 Å². The minimum absolute atomic E-state index is 0.251. The van der Waals surface area contributed by atoms with Crippen LogP contribution >= 0.6 is 0 Å². The van der Waals surface area contributed by atoms with Gasteiger partial charge >= 0.3 is 8.56 Å². The third-order valence-corrected chi connectivity index (χ3v) is 8.45. The lowest BCUT2D eigenvalue weighted by Gasteiger charge is -2.33. The fraction of sp³-hybridized carbons (Fsp3) is 0.926. The Bertz CT molecular complexity index is 375. The van der Waals surface area contributed by atoms with Gasteiger partial charge in [0.25, 0.3) is 0 Å². The van der Waals surface area contributed by atoms with E-state index in [1.54, 1.807) is 0 Å². The molecule has 0 saturated heterocycles. The molecule has 0 aliphatic rings. The fourth-order valence-electron chi connectivity index (χ4n) is 4.20. The molecule has 0 spiro atoms. The lowest BCUT2D eigenvalue weighted by atomic mass is 9.97. The first kappa shape index (κ1) is 29.9. The van der Waals surface area contributed by atoms with E-state index in [4.69, 9.17) is 8.85 Å². The standard InChI is InChI=1S/C27H56O2Si/c1-8-10-11-12-13-14-15-16-17-18-19-20-21-22-23-24-28-30(7,9-2)29-27(25(3)4)26(5)6/h9,25-27H,2,8,10-24H2,1,3-7H3. The highest BCUT2D eigenvalue weighted by Crippen LogP contribution is 2.23. The van der Waals surface area contributed by atoms with E-state index in [2.05, 4.69) is 47.7 Å². The highest BCUT2D eigenvalue weighted by atomic mass is 28.4. The molecule has 30 heavy (non-hydrogen) atoms. The van der Waals surface area contributed by atoms with Crippen LogP contribution in [-0.2, 0) is 8.85 Å². The van der Waals surface area contributed by atoms with Gasteiger partial charge in [0, 0.05) is 6.61 Å². The molecule has 1 atom stereocenters. The van der Waals surface area contributed by atoms with Gasteiger partial charge in [-0.1, -0.05) is 125 Å². The van der Waals surface area contributed by atoms with Crippen molar-refractivity contribution < 1.29 is 8.85 Å². The van der Waals surface area contributed by atoms with Crippen molar-refractivity contribution >= 4 is 8.56 Å². The molecular formula is C27H56O2Si. The Morgan fingerprint density at radius 2 is 1.03 bits per heavy atom. The molecular weight excluding hydrogens is 384 g/mol. The van der Waals surface area contributed by atoms with E-state index in [-0.39, 0.29) is 6.10 Å². The molecule has 0 aliphatic heterocycles. The Hall–Kier alpha value is -0.123. The lowest BCUT2D eigenvalue weighted by molar-refractivity contribution is 0.0588. The van der Waals surface area contributed by atoms with Gasteiger partial charge in [0.1, 0.15) is 0 Å². The predicted octanol–water partition coefficient (Wildman–Crippen LogP) is 9.37. The second kappa shape index (κ2) is 19.6. The molecule has 0 saturated carbocycles. The van der Waals surface area contributed by atoms with Crippen molar-refractivity contribution in [1.82, 2.24) is 0 Å². The minimum Gasteiger partial charge on any atom is -0.391 e. The first-order valence-electron chi connectivity index (χ1n) is 13.3. The van der Waals surface area contributed by atoms with E-state index in [0.717, 1.165) is 13.0 Å². The monoisotopic (exact) mass is 440 g/mol. The van der Waals surface area contributed by atoms with E-state index in [1.165, 1.54) is 89.9 Å². The largest absolute Gasteiger partial charge is 0.391 e. The van der Waals surface area contributed by atoms with E-state index in [9.17, 15) is 0 Å². The van der Waals surface area contributed by atoms with Crippen molar-refractivity contribution in [2.24, 2.45) is 11.8 Å². The highest BCUT2D eigenvalue weighted by molar-refractivity contribution is 6.71. The van der Waals surface area contributed by atoms with E-state index < -0.39 is 8.56 Å². The van der Waals surface area contributed by atoms with Crippen LogP contribution in [0.3, 0.4) is 0 Å². The Kier molecular flexibility index (Phi) is 19.5. The molecule has 0 rings (SSSR count). The summed E-state index contributed by atoms with van der Waals surface area (Å²) < 4.78 is 12.7. The summed E-state index contributed by atoms with van der Waals surface area (Å²) in [7, 11) is -2.26. The van der Waals surface area contributed by atoms with Gasteiger partial charge in [-0.25, -0.2) is 0 Å². The van der Waals surface area contributed by atoms with Gasteiger partial charge in [-0.05, 0) is 30.5 Å². The molecule has 180 valence electrons. The average Bonchev–Trinajstić information content (AvgIpc) is 2.71. The van der Waals surface area contributed by atoms with Crippen LogP contribution in [-0.4, -0.2) is 21.3 Å². The van der Waals surface area contributed by atoms with Gasteiger partial charge in [0.2, 0.25) is 0 Å². The fourth-order valence-corrected chi connectivity index (χ4v) is 6.12. The van der Waals surface area contributed by atoms with Crippen molar-refractivity contribution in [2.45, 2.75) is 144 Å². The summed E-state index contributed by atoms with van der Waals surface area (Å²) in [5.74, 6) is 1.01. The lowest BCUT2D eigenvalue weighted by Crippen LogP contribution is -2.44. The maximum Gasteiger partial charge on any atom is 0.361 e. The third kappa shape index (κ3) is 16.6. The molecule has 0 aromatic carbocycles. The Morgan fingerprint density at radius 3 is 1.37 bits per heavy atom. The molecule has 0 radical (unpaired) electrons. The minimum atomic E-state index is -2.26. The molecule has 0 fully saturated rings. The summed E-state index contributed by atoms with van der Waals surface area (Å²) >= 11 is 0. The first-order valence-corrected chi connectivity index (χ1v) is 15.7. The summed E-state index contributed by atoms with van der Waals surface area (Å²) in [5, 5.41) is 0. The second-order valence-corrected chi connectivity index (χ2v) is 13.1. The van der Waals surface area contributed by atoms with Crippen LogP contribution in [0.25, 0.3) is 0 Å². The molecule has 0 bridgehead atoms. The van der Waals surface area contributed by atoms with Crippen LogP contribution in [0.1, 0.15) is 131 Å². The van der Waals surface area contributed by atoms with Gasteiger partial charge in [-0.3, -0.25) is 0 Å². The number of rotatable bonds is 22. The topological polar surface area (TPSA) is 18.5 Å². The van der Waals surface area contributed by atoms with Gasteiger partial charge < -0.3 is 8.85 Å². The van der Waals surface area contributed by atoms with Crippen LogP contribution in [0.2, 0.25) is 6.55 Å². The summed E-state index contributed by atoms with van der Waals surface area (Å²) in [6.45, 7) is 18.2. The van der Waals surface area contributed by atoms with E-state index >= 15 is 0 Å². The highest BCUT2D eigenvalue weighted by Gasteiger charge is 2.33. The summed E-state index contributed by atoms with van der Waals surface area (Å²) in [6, 6.07) is 0. The Labute approximate surface area is 191 Å². The van der Waals surface area contributed by atoms with Crippen molar-refractivity contribution in [3.8, 4) is 0 Å². The third-order valence-electron chi connectivity index (χ3n) is 6.19. The van der Waals surface area contributed by atoms with Crippen LogP contribution in [0.5, 0.6) is 0 Å². The molecule has 0 aromatic rings. The zero-order valence-corrected chi connectivity index (χ0v) is 22.6. The smallest absolute Gasteiger partial charge is 0.361 e. The summed E-state index contributed by atoms with van der Waals surface area (Å²) in [5.41, 5.74) is 1.95. The molecule has 0 aromatic heterocycles. The molecule has 0 aliphatic carbocycles. The molecule has 0 amide bonds. The van der Waals surface area contributed by atoms with E-state index in [0.29, 0.717) is 11.8 Å². The summed E-state index contributed by atoms with van der Waals surface area (Å²) in [4.78, 5) is 0. The maximum absolute atomic E-state index is 6.43. The van der Waals surface area contributed by atoms with Gasteiger partial charge in [-0.15, -0.1) is 6.58 Å². The van der Waals surface area contributed by atoms with Crippen LogP contribution in [0, 0.1) is 11.8 Å². The molecule has 0 heterocycles. The number of hydrogen-bond acceptors (Lipinski definition) is 2. The van der Waals surface area contributed by atoms with Crippen molar-refractivity contribution in [2.75, 3.05) is 6.61 Å². The number of hydrogen-bond donors (Lipinski definition) is 0. The van der Waals surface area contributed by atoms with Crippen molar-refractivity contribution in [1.29, 1.82) is 0 Å². The first-order chi connectivity index (χ1) is 14.4. The number of unbranched alkanes of at least 4 members (excludes halogenated alkanes) is 14. The average molecular weight is 441 g/mol. The quantitative estimate of drug-likeness (QED) is 0.123. The van der Waals surface area contributed by atoms with Crippen LogP contribution in [0.4, 0.5) is 0 Å². The van der Waals surface area contributed by atoms with Crippen molar-refractivity contribution in [3.05, 3.63) is 12.3 Å². The van der Waals surface area contributed by atoms with Crippen LogP contribution in [0.15, 0.2) is 12.3 Å². The van der Waals surface area contributed by atoms with Gasteiger partial charge in [-0.2, -0.15) is 0 Å². The molecule has 0 N–H and O–H groups in total. The predicted molar refractivity (Wildman–Crippen MR) is 137 cm³/mol. The molecule has 1 unspecified atom stereocenters. The zero-order valence-electron chi connectivity index (χ0n) is 21.6. The molecule has 2 nitrogen and oxygen atoms in total. The zero-order chi connectivity index (χ0) is 22.7. The van der Waals surface area contributed by atoms with Crippen molar-refractivity contribution in [3.63, 3.8) is 0 Å². The van der Waals surface area contributed by atoms with Gasteiger partial charge in [0.05, 0.1) is 6.10 Å². The summed E-state index contributed by atoms with van der Waals surface area (Å²) in [6.07, 6.45) is 21.1. The van der Waals surface area contributed by atoms with E-state index in [1.807, 2.05) is 5.70 Å².